The number of nitrogens with one attached hydrogen (secondary N) is 1. The molecule has 5 heteroatoms. The van der Waals surface area contributed by atoms with Crippen LogP contribution in [0, 0.1) is 5.82 Å². The average molecular weight is 263 g/mol. The van der Waals surface area contributed by atoms with E-state index in [0.717, 1.165) is 11.0 Å². The molecule has 1 heterocycles. The van der Waals surface area contributed by atoms with E-state index in [-0.39, 0.29) is 11.9 Å². The summed E-state index contributed by atoms with van der Waals surface area (Å²) in [4.78, 5) is 4.44. The number of aromatic nitrogens is 2. The second-order valence-electron chi connectivity index (χ2n) is 4.62. The molecule has 3 nitrogen and oxygen atoms in total. The second-order valence-corrected chi connectivity index (χ2v) is 5.37. The zero-order valence-corrected chi connectivity index (χ0v) is 10.9. The Kier molecular flexibility index (Phi) is 2.99. The van der Waals surface area contributed by atoms with Crippen LogP contribution in [0.5, 0.6) is 0 Å². The molecule has 1 fully saturated rings. The van der Waals surface area contributed by atoms with Gasteiger partial charge < -0.3 is 5.32 Å². The lowest BCUT2D eigenvalue weighted by Gasteiger charge is -2.13. The van der Waals surface area contributed by atoms with Crippen LogP contribution in [-0.4, -0.2) is 9.36 Å². The SMILES string of the molecule is CC(Nc1nc(C2CC2)ns1)c1ccccc1F. The molecule has 1 N–H and O–H groups in total. The van der Waals surface area contributed by atoms with Gasteiger partial charge in [-0.3, -0.25) is 0 Å². The first-order valence-electron chi connectivity index (χ1n) is 6.08. The largest absolute Gasteiger partial charge is 0.354 e. The Morgan fingerprint density at radius 1 is 1.39 bits per heavy atom. The van der Waals surface area contributed by atoms with Crippen molar-refractivity contribution in [3.05, 3.63) is 41.5 Å². The van der Waals surface area contributed by atoms with Crippen LogP contribution in [0.15, 0.2) is 24.3 Å². The molecule has 1 aliphatic rings. The lowest BCUT2D eigenvalue weighted by atomic mass is 10.1. The molecule has 1 aliphatic carbocycles. The van der Waals surface area contributed by atoms with Gasteiger partial charge in [0, 0.05) is 23.0 Å². The van der Waals surface area contributed by atoms with E-state index < -0.39 is 0 Å². The molecule has 1 unspecified atom stereocenters. The number of hydrogen-bond donors (Lipinski definition) is 1. The highest BCUT2D eigenvalue weighted by molar-refractivity contribution is 7.09. The topological polar surface area (TPSA) is 37.8 Å². The van der Waals surface area contributed by atoms with E-state index in [1.807, 2.05) is 13.0 Å². The number of benzene rings is 1. The smallest absolute Gasteiger partial charge is 0.203 e. The number of hydrogen-bond acceptors (Lipinski definition) is 4. The Hall–Kier alpha value is -1.49. The predicted molar refractivity (Wildman–Crippen MR) is 70.3 cm³/mol. The highest BCUT2D eigenvalue weighted by atomic mass is 32.1. The molecule has 0 radical (unpaired) electrons. The maximum absolute atomic E-state index is 13.6. The summed E-state index contributed by atoms with van der Waals surface area (Å²) < 4.78 is 17.9. The van der Waals surface area contributed by atoms with E-state index >= 15 is 0 Å². The van der Waals surface area contributed by atoms with E-state index in [0.29, 0.717) is 11.5 Å². The number of rotatable bonds is 4. The van der Waals surface area contributed by atoms with E-state index in [1.165, 1.54) is 30.4 Å². The van der Waals surface area contributed by atoms with Crippen LogP contribution in [0.2, 0.25) is 0 Å². The van der Waals surface area contributed by atoms with Crippen LogP contribution in [0.3, 0.4) is 0 Å². The molecule has 3 rings (SSSR count). The Labute approximate surface area is 109 Å². The number of nitrogens with zero attached hydrogens (tertiary/aromatic N) is 2. The van der Waals surface area contributed by atoms with Gasteiger partial charge >= 0.3 is 0 Å². The third kappa shape index (κ3) is 2.36. The van der Waals surface area contributed by atoms with Crippen molar-refractivity contribution in [3.8, 4) is 0 Å². The lowest BCUT2D eigenvalue weighted by molar-refractivity contribution is 0.600. The minimum absolute atomic E-state index is 0.105. The highest BCUT2D eigenvalue weighted by Crippen LogP contribution is 2.39. The molecule has 0 bridgehead atoms. The van der Waals surface area contributed by atoms with E-state index in [1.54, 1.807) is 12.1 Å². The Morgan fingerprint density at radius 3 is 2.89 bits per heavy atom. The van der Waals surface area contributed by atoms with Crippen LogP contribution >= 0.6 is 11.5 Å². The quantitative estimate of drug-likeness (QED) is 0.913. The first-order valence-corrected chi connectivity index (χ1v) is 6.86. The molecule has 1 saturated carbocycles. The van der Waals surface area contributed by atoms with Crippen LogP contribution in [0.25, 0.3) is 0 Å². The molecular weight excluding hydrogens is 249 g/mol. The first-order chi connectivity index (χ1) is 8.74. The Bertz CT molecular complexity index is 551. The molecule has 94 valence electrons. The fourth-order valence-electron chi connectivity index (χ4n) is 1.89. The highest BCUT2D eigenvalue weighted by Gasteiger charge is 2.28. The average Bonchev–Trinajstić information content (AvgIpc) is 3.11. The predicted octanol–water partition coefficient (Wildman–Crippen LogP) is 3.73. The molecule has 0 spiro atoms. The summed E-state index contributed by atoms with van der Waals surface area (Å²) in [5.74, 6) is 1.30. The van der Waals surface area contributed by atoms with Gasteiger partial charge in [0.05, 0.1) is 6.04 Å². The second kappa shape index (κ2) is 4.65. The summed E-state index contributed by atoms with van der Waals surface area (Å²) in [5.41, 5.74) is 0.653. The van der Waals surface area contributed by atoms with Crippen molar-refractivity contribution in [2.75, 3.05) is 5.32 Å². The van der Waals surface area contributed by atoms with Crippen molar-refractivity contribution in [1.29, 1.82) is 0 Å². The third-order valence-electron chi connectivity index (χ3n) is 3.10. The van der Waals surface area contributed by atoms with Gasteiger partial charge in [-0.15, -0.1) is 0 Å². The van der Waals surface area contributed by atoms with E-state index in [9.17, 15) is 4.39 Å². The summed E-state index contributed by atoms with van der Waals surface area (Å²) in [6.45, 7) is 1.93. The molecule has 1 atom stereocenters. The van der Waals surface area contributed by atoms with E-state index in [2.05, 4.69) is 14.7 Å². The number of halogens is 1. The molecule has 0 saturated heterocycles. The summed E-state index contributed by atoms with van der Waals surface area (Å²) in [5, 5.41) is 3.98. The summed E-state index contributed by atoms with van der Waals surface area (Å²) in [6.07, 6.45) is 2.39. The van der Waals surface area contributed by atoms with Crippen molar-refractivity contribution in [1.82, 2.24) is 9.36 Å². The van der Waals surface area contributed by atoms with Gasteiger partial charge in [0.2, 0.25) is 5.13 Å². The van der Waals surface area contributed by atoms with E-state index in [4.69, 9.17) is 0 Å². The van der Waals surface area contributed by atoms with Crippen LogP contribution in [0.4, 0.5) is 9.52 Å². The Morgan fingerprint density at radius 2 is 2.17 bits per heavy atom. The van der Waals surface area contributed by atoms with Crippen molar-refractivity contribution in [2.45, 2.75) is 31.7 Å². The fraction of sp³-hybridized carbons (Fsp3) is 0.385. The van der Waals surface area contributed by atoms with Gasteiger partial charge in [0.1, 0.15) is 11.6 Å². The normalized spacial score (nSPS) is 16.6. The number of anilines is 1. The van der Waals surface area contributed by atoms with Crippen molar-refractivity contribution in [2.24, 2.45) is 0 Å². The zero-order chi connectivity index (χ0) is 12.5. The zero-order valence-electron chi connectivity index (χ0n) is 10.1. The van der Waals surface area contributed by atoms with Gasteiger partial charge in [-0.2, -0.15) is 4.37 Å². The monoisotopic (exact) mass is 263 g/mol. The molecule has 2 aromatic rings. The lowest BCUT2D eigenvalue weighted by Crippen LogP contribution is -2.08. The summed E-state index contributed by atoms with van der Waals surface area (Å²) >= 11 is 1.35. The molecule has 0 aliphatic heterocycles. The van der Waals surface area contributed by atoms with Crippen molar-refractivity contribution in [3.63, 3.8) is 0 Å². The molecular formula is C13H14FN3S. The molecule has 0 amide bonds. The van der Waals surface area contributed by atoms with Crippen molar-refractivity contribution < 1.29 is 4.39 Å². The summed E-state index contributed by atoms with van der Waals surface area (Å²) in [7, 11) is 0. The van der Waals surface area contributed by atoms with Crippen LogP contribution in [0.1, 0.15) is 43.1 Å². The van der Waals surface area contributed by atoms with Gasteiger partial charge in [0.25, 0.3) is 0 Å². The maximum Gasteiger partial charge on any atom is 0.203 e. The van der Waals surface area contributed by atoms with Gasteiger partial charge in [-0.25, -0.2) is 9.37 Å². The standard InChI is InChI=1S/C13H14FN3S/c1-8(10-4-2-3-5-11(10)14)15-13-16-12(17-18-13)9-6-7-9/h2-5,8-9H,6-7H2,1H3,(H,15,16,17). The van der Waals surface area contributed by atoms with Gasteiger partial charge in [-0.05, 0) is 25.8 Å². The third-order valence-corrected chi connectivity index (χ3v) is 3.76. The van der Waals surface area contributed by atoms with Gasteiger partial charge in [0.15, 0.2) is 0 Å². The summed E-state index contributed by atoms with van der Waals surface area (Å²) in [6, 6.07) is 6.69. The molecule has 18 heavy (non-hydrogen) atoms. The van der Waals surface area contributed by atoms with Crippen LogP contribution in [-0.2, 0) is 0 Å². The molecule has 1 aromatic heterocycles. The Balaban J connectivity index is 1.73. The van der Waals surface area contributed by atoms with Gasteiger partial charge in [-0.1, -0.05) is 18.2 Å². The first kappa shape index (κ1) is 11.6. The van der Waals surface area contributed by atoms with Crippen LogP contribution < -0.4 is 5.32 Å². The minimum atomic E-state index is -0.190. The maximum atomic E-state index is 13.6. The van der Waals surface area contributed by atoms with Crippen molar-refractivity contribution >= 4 is 16.7 Å². The minimum Gasteiger partial charge on any atom is -0.354 e. The fourth-order valence-corrected chi connectivity index (χ4v) is 2.62. The molecule has 1 aromatic carbocycles.